The van der Waals surface area contributed by atoms with Crippen molar-refractivity contribution in [1.29, 1.82) is 0 Å². The summed E-state index contributed by atoms with van der Waals surface area (Å²) in [4.78, 5) is 8.56. The van der Waals surface area contributed by atoms with Crippen LogP contribution in [0.25, 0.3) is 0 Å². The third kappa shape index (κ3) is 3.06. The van der Waals surface area contributed by atoms with E-state index in [1.54, 1.807) is 12.4 Å². The van der Waals surface area contributed by atoms with Gasteiger partial charge >= 0.3 is 0 Å². The van der Waals surface area contributed by atoms with Gasteiger partial charge < -0.3 is 15.4 Å². The fourth-order valence-corrected chi connectivity index (χ4v) is 1.77. The number of anilines is 2. The van der Waals surface area contributed by atoms with Crippen molar-refractivity contribution in [2.75, 3.05) is 30.4 Å². The van der Waals surface area contributed by atoms with Crippen LogP contribution in [0.2, 0.25) is 0 Å². The molecular weight excluding hydrogens is 204 g/mol. The van der Waals surface area contributed by atoms with Crippen molar-refractivity contribution in [2.45, 2.75) is 25.8 Å². The Labute approximate surface area is 95.6 Å². The third-order valence-electron chi connectivity index (χ3n) is 2.50. The predicted molar refractivity (Wildman–Crippen MR) is 63.7 cm³/mol. The minimum absolute atomic E-state index is 0.361. The van der Waals surface area contributed by atoms with Crippen LogP contribution in [-0.2, 0) is 4.74 Å². The summed E-state index contributed by atoms with van der Waals surface area (Å²) in [5.74, 6) is 1.62. The molecule has 0 radical (unpaired) electrons. The topological polar surface area (TPSA) is 59.1 Å². The van der Waals surface area contributed by atoms with Gasteiger partial charge in [-0.05, 0) is 19.8 Å². The van der Waals surface area contributed by atoms with Crippen molar-refractivity contribution < 1.29 is 4.74 Å². The lowest BCUT2D eigenvalue weighted by molar-refractivity contribution is 0.0875. The Balaban J connectivity index is 1.94. The van der Waals surface area contributed by atoms with E-state index in [-0.39, 0.29) is 0 Å². The SMILES string of the molecule is CCNc1cncc(NC2CCCOC2)n1. The highest BCUT2D eigenvalue weighted by molar-refractivity contribution is 5.42. The molecule has 1 aliphatic rings. The predicted octanol–water partition coefficient (Wildman–Crippen LogP) is 1.50. The zero-order chi connectivity index (χ0) is 11.2. The van der Waals surface area contributed by atoms with Crippen LogP contribution < -0.4 is 10.6 Å². The van der Waals surface area contributed by atoms with Gasteiger partial charge in [-0.15, -0.1) is 0 Å². The molecule has 0 spiro atoms. The molecule has 1 fully saturated rings. The minimum Gasteiger partial charge on any atom is -0.379 e. The van der Waals surface area contributed by atoms with Crippen LogP contribution in [0.1, 0.15) is 19.8 Å². The standard InChI is InChI=1S/C11H18N4O/c1-2-13-10-6-12-7-11(15-10)14-9-4-3-5-16-8-9/h6-7,9H,2-5,8H2,1H3,(H2,13,14,15). The molecular formula is C11H18N4O. The number of nitrogens with zero attached hydrogens (tertiary/aromatic N) is 2. The first-order valence-electron chi connectivity index (χ1n) is 5.78. The molecule has 0 bridgehead atoms. The maximum Gasteiger partial charge on any atom is 0.147 e. The molecule has 2 N–H and O–H groups in total. The smallest absolute Gasteiger partial charge is 0.147 e. The van der Waals surface area contributed by atoms with Gasteiger partial charge in [0.05, 0.1) is 25.0 Å². The highest BCUT2D eigenvalue weighted by atomic mass is 16.5. The molecule has 0 aromatic carbocycles. The molecule has 5 heteroatoms. The maximum atomic E-state index is 5.41. The monoisotopic (exact) mass is 222 g/mol. The molecule has 0 amide bonds. The Bertz CT molecular complexity index is 326. The van der Waals surface area contributed by atoms with Crippen LogP contribution in [0.15, 0.2) is 12.4 Å². The molecule has 16 heavy (non-hydrogen) atoms. The van der Waals surface area contributed by atoms with Gasteiger partial charge in [0.1, 0.15) is 11.6 Å². The maximum absolute atomic E-state index is 5.41. The number of hydrogen-bond donors (Lipinski definition) is 2. The van der Waals surface area contributed by atoms with Crippen LogP contribution in [-0.4, -0.2) is 35.8 Å². The lowest BCUT2D eigenvalue weighted by atomic mass is 10.1. The van der Waals surface area contributed by atoms with Crippen LogP contribution in [0.5, 0.6) is 0 Å². The quantitative estimate of drug-likeness (QED) is 0.808. The molecule has 5 nitrogen and oxygen atoms in total. The Morgan fingerprint density at radius 1 is 1.44 bits per heavy atom. The first-order chi connectivity index (χ1) is 7.88. The lowest BCUT2D eigenvalue weighted by Crippen LogP contribution is -2.30. The molecule has 1 unspecified atom stereocenters. The largest absolute Gasteiger partial charge is 0.379 e. The number of ether oxygens (including phenoxy) is 1. The Morgan fingerprint density at radius 2 is 2.31 bits per heavy atom. The summed E-state index contributed by atoms with van der Waals surface area (Å²) in [5, 5.41) is 6.48. The number of aromatic nitrogens is 2. The van der Waals surface area contributed by atoms with Crippen molar-refractivity contribution in [3.63, 3.8) is 0 Å². The van der Waals surface area contributed by atoms with E-state index < -0.39 is 0 Å². The summed E-state index contributed by atoms with van der Waals surface area (Å²) in [6, 6.07) is 0.361. The minimum atomic E-state index is 0.361. The summed E-state index contributed by atoms with van der Waals surface area (Å²) in [6.45, 7) is 4.52. The Hall–Kier alpha value is -1.36. The van der Waals surface area contributed by atoms with Crippen LogP contribution >= 0.6 is 0 Å². The van der Waals surface area contributed by atoms with Crippen LogP contribution in [0, 0.1) is 0 Å². The van der Waals surface area contributed by atoms with Gasteiger partial charge in [0.25, 0.3) is 0 Å². The number of rotatable bonds is 4. The molecule has 1 saturated heterocycles. The van der Waals surface area contributed by atoms with Gasteiger partial charge in [0.15, 0.2) is 0 Å². The van der Waals surface area contributed by atoms with Gasteiger partial charge in [0, 0.05) is 13.2 Å². The molecule has 2 rings (SSSR count). The van der Waals surface area contributed by atoms with E-state index in [2.05, 4.69) is 20.6 Å². The summed E-state index contributed by atoms with van der Waals surface area (Å²) in [7, 11) is 0. The molecule has 1 aromatic heterocycles. The van der Waals surface area contributed by atoms with E-state index in [0.29, 0.717) is 6.04 Å². The first kappa shape index (κ1) is 11.1. The van der Waals surface area contributed by atoms with Crippen molar-refractivity contribution >= 4 is 11.6 Å². The number of hydrogen-bond acceptors (Lipinski definition) is 5. The van der Waals surface area contributed by atoms with Crippen LogP contribution in [0.3, 0.4) is 0 Å². The fraction of sp³-hybridized carbons (Fsp3) is 0.636. The van der Waals surface area contributed by atoms with Gasteiger partial charge in [-0.2, -0.15) is 0 Å². The van der Waals surface area contributed by atoms with E-state index in [4.69, 9.17) is 4.74 Å². The fourth-order valence-electron chi connectivity index (χ4n) is 1.77. The van der Waals surface area contributed by atoms with E-state index in [1.165, 1.54) is 0 Å². The van der Waals surface area contributed by atoms with Crippen LogP contribution in [0.4, 0.5) is 11.6 Å². The highest BCUT2D eigenvalue weighted by Gasteiger charge is 2.13. The van der Waals surface area contributed by atoms with Gasteiger partial charge in [-0.3, -0.25) is 4.98 Å². The zero-order valence-corrected chi connectivity index (χ0v) is 9.57. The normalized spacial score (nSPS) is 20.4. The van der Waals surface area contributed by atoms with E-state index in [0.717, 1.165) is 44.2 Å². The summed E-state index contributed by atoms with van der Waals surface area (Å²) in [6.07, 6.45) is 5.71. The summed E-state index contributed by atoms with van der Waals surface area (Å²) >= 11 is 0. The van der Waals surface area contributed by atoms with Crippen molar-refractivity contribution in [1.82, 2.24) is 9.97 Å². The second kappa shape index (κ2) is 5.65. The van der Waals surface area contributed by atoms with E-state index >= 15 is 0 Å². The zero-order valence-electron chi connectivity index (χ0n) is 9.57. The third-order valence-corrected chi connectivity index (χ3v) is 2.50. The summed E-state index contributed by atoms with van der Waals surface area (Å²) in [5.41, 5.74) is 0. The average Bonchev–Trinajstić information content (AvgIpc) is 2.31. The first-order valence-corrected chi connectivity index (χ1v) is 5.78. The Kier molecular flexibility index (Phi) is 3.93. The molecule has 2 heterocycles. The average molecular weight is 222 g/mol. The lowest BCUT2D eigenvalue weighted by Gasteiger charge is -2.23. The molecule has 1 aliphatic heterocycles. The summed E-state index contributed by atoms with van der Waals surface area (Å²) < 4.78 is 5.41. The van der Waals surface area contributed by atoms with Crippen molar-refractivity contribution in [2.24, 2.45) is 0 Å². The van der Waals surface area contributed by atoms with Gasteiger partial charge in [-0.1, -0.05) is 0 Å². The molecule has 0 saturated carbocycles. The molecule has 1 atom stereocenters. The van der Waals surface area contributed by atoms with Crippen molar-refractivity contribution in [3.8, 4) is 0 Å². The Morgan fingerprint density at radius 3 is 3.06 bits per heavy atom. The van der Waals surface area contributed by atoms with Crippen molar-refractivity contribution in [3.05, 3.63) is 12.4 Å². The molecule has 88 valence electrons. The van der Waals surface area contributed by atoms with E-state index in [1.807, 2.05) is 6.92 Å². The number of nitrogens with one attached hydrogen (secondary N) is 2. The van der Waals surface area contributed by atoms with Gasteiger partial charge in [-0.25, -0.2) is 4.98 Å². The van der Waals surface area contributed by atoms with E-state index in [9.17, 15) is 0 Å². The molecule has 1 aromatic rings. The second-order valence-corrected chi connectivity index (χ2v) is 3.88. The van der Waals surface area contributed by atoms with Gasteiger partial charge in [0.2, 0.25) is 0 Å². The second-order valence-electron chi connectivity index (χ2n) is 3.88. The highest BCUT2D eigenvalue weighted by Crippen LogP contribution is 2.13. The molecule has 0 aliphatic carbocycles.